The number of nitrogens with zero attached hydrogens (tertiary/aromatic N) is 1. The normalized spacial score (nSPS) is 12.1. The molecule has 1 N–H and O–H groups in total. The van der Waals surface area contributed by atoms with Gasteiger partial charge in [0.05, 0.1) is 0 Å². The van der Waals surface area contributed by atoms with Crippen LogP contribution >= 0.6 is 11.6 Å². The van der Waals surface area contributed by atoms with Gasteiger partial charge in [0, 0.05) is 21.7 Å². The minimum atomic E-state index is -1.16. The Labute approximate surface area is 166 Å². The first-order valence-corrected chi connectivity index (χ1v) is 9.01. The molecular weight excluding hydrogens is 378 g/mol. The molecule has 140 valence electrons. The van der Waals surface area contributed by atoms with Gasteiger partial charge in [-0.05, 0) is 43.3 Å². The van der Waals surface area contributed by atoms with E-state index in [4.69, 9.17) is 20.8 Å². The van der Waals surface area contributed by atoms with Gasteiger partial charge in [0.25, 0.3) is 0 Å². The van der Waals surface area contributed by atoms with Crippen molar-refractivity contribution >= 4 is 28.7 Å². The van der Waals surface area contributed by atoms with Crippen LogP contribution in [0.2, 0.25) is 5.02 Å². The number of hydrogen-bond donors (Lipinski definition) is 1. The number of carboxylic acid groups (broad SMARTS) is 1. The van der Waals surface area contributed by atoms with Crippen molar-refractivity contribution in [3.05, 3.63) is 82.9 Å². The van der Waals surface area contributed by atoms with E-state index in [1.54, 1.807) is 36.4 Å². The molecule has 4 aromatic rings. The Balaban J connectivity index is 1.71. The van der Waals surface area contributed by atoms with E-state index in [2.05, 4.69) is 4.98 Å². The van der Waals surface area contributed by atoms with Crippen molar-refractivity contribution in [1.82, 2.24) is 4.98 Å². The number of aromatic nitrogens is 1. The molecule has 0 aliphatic carbocycles. The Bertz CT molecular complexity index is 1120. The molecule has 28 heavy (non-hydrogen) atoms. The van der Waals surface area contributed by atoms with Crippen LogP contribution in [0.15, 0.2) is 71.1 Å². The third-order valence-electron chi connectivity index (χ3n) is 4.45. The molecular formula is C22H16ClNO4. The van der Waals surface area contributed by atoms with Gasteiger partial charge in [-0.2, -0.15) is 0 Å². The monoisotopic (exact) mass is 393 g/mol. The van der Waals surface area contributed by atoms with Crippen molar-refractivity contribution in [2.24, 2.45) is 0 Å². The van der Waals surface area contributed by atoms with Crippen molar-refractivity contribution in [1.29, 1.82) is 0 Å². The van der Waals surface area contributed by atoms with Crippen LogP contribution in [0.3, 0.4) is 0 Å². The zero-order valence-electron chi connectivity index (χ0n) is 14.9. The van der Waals surface area contributed by atoms with E-state index in [0.717, 1.165) is 16.6 Å². The lowest BCUT2D eigenvalue weighted by Gasteiger charge is -2.18. The maximum atomic E-state index is 11.8. The van der Waals surface area contributed by atoms with Crippen molar-refractivity contribution in [2.45, 2.75) is 13.0 Å². The summed E-state index contributed by atoms with van der Waals surface area (Å²) in [5.74, 6) is -0.182. The van der Waals surface area contributed by atoms with E-state index in [9.17, 15) is 9.90 Å². The molecule has 0 amide bonds. The average Bonchev–Trinajstić information content (AvgIpc) is 3.12. The van der Waals surface area contributed by atoms with Crippen LogP contribution in [-0.4, -0.2) is 16.1 Å². The van der Waals surface area contributed by atoms with Crippen molar-refractivity contribution < 1.29 is 19.1 Å². The van der Waals surface area contributed by atoms with Crippen LogP contribution in [0.1, 0.15) is 17.2 Å². The van der Waals surface area contributed by atoms with Gasteiger partial charge in [0.1, 0.15) is 11.3 Å². The predicted octanol–water partition coefficient (Wildman–Crippen LogP) is 5.66. The second-order valence-electron chi connectivity index (χ2n) is 6.30. The summed E-state index contributed by atoms with van der Waals surface area (Å²) in [6.07, 6.45) is -1.16. The Kier molecular flexibility index (Phi) is 4.75. The van der Waals surface area contributed by atoms with Crippen LogP contribution in [0.25, 0.3) is 22.6 Å². The molecule has 1 unspecified atom stereocenters. The van der Waals surface area contributed by atoms with E-state index < -0.39 is 12.1 Å². The summed E-state index contributed by atoms with van der Waals surface area (Å²) in [4.78, 5) is 16.3. The molecule has 4 rings (SSSR count). The molecule has 0 aliphatic heterocycles. The second-order valence-corrected chi connectivity index (χ2v) is 6.74. The maximum absolute atomic E-state index is 11.8. The molecule has 0 aliphatic rings. The first-order valence-electron chi connectivity index (χ1n) is 8.63. The van der Waals surface area contributed by atoms with Gasteiger partial charge in [-0.3, -0.25) is 0 Å². The highest BCUT2D eigenvalue weighted by Gasteiger charge is 2.23. The Morgan fingerprint density at radius 3 is 2.54 bits per heavy atom. The largest absolute Gasteiger partial charge is 0.478 e. The van der Waals surface area contributed by atoms with E-state index >= 15 is 0 Å². The van der Waals surface area contributed by atoms with E-state index in [0.29, 0.717) is 27.8 Å². The summed E-state index contributed by atoms with van der Waals surface area (Å²) < 4.78 is 11.7. The fraction of sp³-hybridized carbons (Fsp3) is 0.0909. The maximum Gasteiger partial charge on any atom is 0.349 e. The molecule has 0 saturated heterocycles. The highest BCUT2D eigenvalue weighted by Crippen LogP contribution is 2.34. The van der Waals surface area contributed by atoms with Crippen LogP contribution in [0.4, 0.5) is 0 Å². The highest BCUT2D eigenvalue weighted by molar-refractivity contribution is 6.30. The van der Waals surface area contributed by atoms with Crippen LogP contribution in [0, 0.1) is 6.92 Å². The SMILES string of the molecule is Cc1c(OC(C(=O)O)c2ccc(Cl)cc2)cccc1-c1nc2ccccc2o1. The third-order valence-corrected chi connectivity index (χ3v) is 4.70. The third kappa shape index (κ3) is 3.44. The topological polar surface area (TPSA) is 72.6 Å². The number of para-hydroxylation sites is 2. The zero-order chi connectivity index (χ0) is 19.7. The van der Waals surface area contributed by atoms with E-state index in [1.165, 1.54) is 0 Å². The fourth-order valence-corrected chi connectivity index (χ4v) is 3.11. The van der Waals surface area contributed by atoms with Gasteiger partial charge < -0.3 is 14.3 Å². The molecule has 0 radical (unpaired) electrons. The smallest absolute Gasteiger partial charge is 0.349 e. The minimum absolute atomic E-state index is 0.446. The van der Waals surface area contributed by atoms with Gasteiger partial charge in [0.2, 0.25) is 12.0 Å². The molecule has 1 atom stereocenters. The first-order chi connectivity index (χ1) is 13.5. The number of carbonyl (C=O) groups is 1. The predicted molar refractivity (Wildman–Crippen MR) is 107 cm³/mol. The number of benzene rings is 3. The number of hydrogen-bond acceptors (Lipinski definition) is 4. The molecule has 1 heterocycles. The number of aliphatic carboxylic acids is 1. The lowest BCUT2D eigenvalue weighted by Crippen LogP contribution is -2.18. The van der Waals surface area contributed by atoms with Crippen molar-refractivity contribution in [3.63, 3.8) is 0 Å². The number of rotatable bonds is 5. The van der Waals surface area contributed by atoms with Crippen LogP contribution in [-0.2, 0) is 4.79 Å². The highest BCUT2D eigenvalue weighted by atomic mass is 35.5. The summed E-state index contributed by atoms with van der Waals surface area (Å²) in [5, 5.41) is 10.2. The van der Waals surface area contributed by atoms with E-state index in [1.807, 2.05) is 37.3 Å². The zero-order valence-corrected chi connectivity index (χ0v) is 15.7. The van der Waals surface area contributed by atoms with Gasteiger partial charge in [-0.25, -0.2) is 9.78 Å². The standard InChI is InChI=1S/C22H16ClNO4/c1-13-16(21-24-17-6-2-3-7-19(17)28-21)5-4-8-18(13)27-20(22(25)26)14-9-11-15(23)12-10-14/h2-12,20H,1H3,(H,25,26). The molecule has 3 aromatic carbocycles. The summed E-state index contributed by atoms with van der Waals surface area (Å²) in [6, 6.07) is 19.4. The Hall–Kier alpha value is -3.31. The second kappa shape index (κ2) is 7.37. The molecule has 0 saturated carbocycles. The number of carboxylic acids is 1. The molecule has 0 spiro atoms. The number of halogens is 1. The number of oxazole rings is 1. The number of ether oxygens (including phenoxy) is 1. The fourth-order valence-electron chi connectivity index (χ4n) is 2.99. The van der Waals surface area contributed by atoms with Gasteiger partial charge >= 0.3 is 5.97 Å². The molecule has 0 fully saturated rings. The van der Waals surface area contributed by atoms with Crippen molar-refractivity contribution in [2.75, 3.05) is 0 Å². The van der Waals surface area contributed by atoms with Gasteiger partial charge in [-0.1, -0.05) is 41.9 Å². The quantitative estimate of drug-likeness (QED) is 0.473. The lowest BCUT2D eigenvalue weighted by atomic mass is 10.1. The lowest BCUT2D eigenvalue weighted by molar-refractivity contribution is -0.145. The molecule has 6 heteroatoms. The van der Waals surface area contributed by atoms with Gasteiger partial charge in [0.15, 0.2) is 5.58 Å². The van der Waals surface area contributed by atoms with Crippen molar-refractivity contribution in [3.8, 4) is 17.2 Å². The first kappa shape index (κ1) is 18.1. The minimum Gasteiger partial charge on any atom is -0.478 e. The Morgan fingerprint density at radius 2 is 1.82 bits per heavy atom. The summed E-state index contributed by atoms with van der Waals surface area (Å²) >= 11 is 5.90. The summed E-state index contributed by atoms with van der Waals surface area (Å²) in [6.45, 7) is 1.85. The molecule has 5 nitrogen and oxygen atoms in total. The number of fused-ring (bicyclic) bond motifs is 1. The summed E-state index contributed by atoms with van der Waals surface area (Å²) in [7, 11) is 0. The Morgan fingerprint density at radius 1 is 1.07 bits per heavy atom. The molecule has 1 aromatic heterocycles. The van der Waals surface area contributed by atoms with Crippen LogP contribution in [0.5, 0.6) is 5.75 Å². The van der Waals surface area contributed by atoms with Crippen LogP contribution < -0.4 is 4.74 Å². The molecule has 0 bridgehead atoms. The summed E-state index contributed by atoms with van der Waals surface area (Å²) in [5.41, 5.74) is 3.44. The van der Waals surface area contributed by atoms with Gasteiger partial charge in [-0.15, -0.1) is 0 Å². The average molecular weight is 394 g/mol. The van der Waals surface area contributed by atoms with E-state index in [-0.39, 0.29) is 0 Å².